The van der Waals surface area contributed by atoms with Crippen LogP contribution in [0.3, 0.4) is 0 Å². The number of fused-ring (bicyclic) bond motifs is 1. The summed E-state index contributed by atoms with van der Waals surface area (Å²) in [7, 11) is 1.98. The number of para-hydroxylation sites is 1. The lowest BCUT2D eigenvalue weighted by Gasteiger charge is -2.27. The Kier molecular flexibility index (Phi) is 3.15. The molecule has 4 nitrogen and oxygen atoms in total. The Bertz CT molecular complexity index is 573. The van der Waals surface area contributed by atoms with Crippen LogP contribution in [0.25, 0.3) is 0 Å². The fourth-order valence-electron chi connectivity index (χ4n) is 2.77. The molecule has 0 radical (unpaired) electrons. The summed E-state index contributed by atoms with van der Waals surface area (Å²) in [6, 6.07) is 10.7. The summed E-state index contributed by atoms with van der Waals surface area (Å²) < 4.78 is 1.91. The quantitative estimate of drug-likeness (QED) is 0.887. The third kappa shape index (κ3) is 2.43. The summed E-state index contributed by atoms with van der Waals surface area (Å²) in [6.07, 6.45) is 1.17. The lowest BCUT2D eigenvalue weighted by atomic mass is 9.91. The van der Waals surface area contributed by atoms with Crippen molar-refractivity contribution in [1.29, 1.82) is 0 Å². The number of rotatable bonds is 3. The molecule has 3 rings (SSSR count). The first-order valence-electron chi connectivity index (χ1n) is 6.81. The van der Waals surface area contributed by atoms with Gasteiger partial charge in [0.05, 0.1) is 5.69 Å². The Labute approximate surface area is 113 Å². The monoisotopic (exact) mass is 256 g/mol. The van der Waals surface area contributed by atoms with E-state index in [4.69, 9.17) is 0 Å². The molecule has 2 aromatic rings. The molecule has 2 N–H and O–H groups in total. The van der Waals surface area contributed by atoms with Gasteiger partial charge in [-0.15, -0.1) is 0 Å². The van der Waals surface area contributed by atoms with Gasteiger partial charge in [0.1, 0.15) is 5.82 Å². The van der Waals surface area contributed by atoms with Crippen molar-refractivity contribution >= 4 is 11.5 Å². The van der Waals surface area contributed by atoms with Gasteiger partial charge in [-0.25, -0.2) is 0 Å². The fraction of sp³-hybridized carbons (Fsp3) is 0.400. The average Bonchev–Trinajstić information content (AvgIpc) is 2.74. The van der Waals surface area contributed by atoms with E-state index in [9.17, 15) is 0 Å². The molecule has 1 aliphatic rings. The molecule has 1 aromatic heterocycles. The van der Waals surface area contributed by atoms with E-state index in [0.717, 1.165) is 24.6 Å². The van der Waals surface area contributed by atoms with Crippen LogP contribution in [-0.4, -0.2) is 22.9 Å². The summed E-state index contributed by atoms with van der Waals surface area (Å²) in [6.45, 7) is 4.02. The Morgan fingerprint density at radius 3 is 3.05 bits per heavy atom. The zero-order valence-electron chi connectivity index (χ0n) is 11.5. The molecule has 0 saturated heterocycles. The van der Waals surface area contributed by atoms with Gasteiger partial charge in [0, 0.05) is 37.8 Å². The molecule has 0 amide bonds. The minimum Gasteiger partial charge on any atom is -0.385 e. The van der Waals surface area contributed by atoms with Crippen molar-refractivity contribution in [2.45, 2.75) is 19.3 Å². The topological polar surface area (TPSA) is 41.9 Å². The Balaban J connectivity index is 1.73. The summed E-state index contributed by atoms with van der Waals surface area (Å²) in [5.41, 5.74) is 3.75. The molecule has 2 heterocycles. The van der Waals surface area contributed by atoms with E-state index in [1.807, 2.05) is 18.7 Å². The van der Waals surface area contributed by atoms with Gasteiger partial charge in [-0.05, 0) is 25.0 Å². The molecule has 1 aliphatic heterocycles. The van der Waals surface area contributed by atoms with E-state index in [0.29, 0.717) is 5.92 Å². The summed E-state index contributed by atoms with van der Waals surface area (Å²) in [5.74, 6) is 1.65. The SMILES string of the molecule is Cc1cc(NCC2CCNc3ccccc32)n(C)n1. The average molecular weight is 256 g/mol. The van der Waals surface area contributed by atoms with Gasteiger partial charge in [-0.2, -0.15) is 5.10 Å². The second-order valence-corrected chi connectivity index (χ2v) is 5.18. The molecular formula is C15H20N4. The lowest BCUT2D eigenvalue weighted by Crippen LogP contribution is -2.22. The van der Waals surface area contributed by atoms with Gasteiger partial charge >= 0.3 is 0 Å². The normalized spacial score (nSPS) is 17.7. The number of aromatic nitrogens is 2. The van der Waals surface area contributed by atoms with E-state index in [1.165, 1.54) is 17.7 Å². The van der Waals surface area contributed by atoms with Crippen molar-refractivity contribution < 1.29 is 0 Å². The van der Waals surface area contributed by atoms with Crippen LogP contribution in [0.4, 0.5) is 11.5 Å². The second kappa shape index (κ2) is 4.96. The number of hydrogen-bond acceptors (Lipinski definition) is 3. The third-order valence-electron chi connectivity index (χ3n) is 3.74. The van der Waals surface area contributed by atoms with Crippen molar-refractivity contribution in [2.75, 3.05) is 23.7 Å². The molecule has 0 aliphatic carbocycles. The maximum atomic E-state index is 4.36. The Morgan fingerprint density at radius 1 is 1.42 bits per heavy atom. The zero-order chi connectivity index (χ0) is 13.2. The number of anilines is 2. The van der Waals surface area contributed by atoms with E-state index >= 15 is 0 Å². The van der Waals surface area contributed by atoms with Gasteiger partial charge in [0.2, 0.25) is 0 Å². The van der Waals surface area contributed by atoms with Crippen molar-refractivity contribution in [1.82, 2.24) is 9.78 Å². The Morgan fingerprint density at radius 2 is 2.26 bits per heavy atom. The number of hydrogen-bond donors (Lipinski definition) is 2. The number of aryl methyl sites for hydroxylation is 2. The maximum Gasteiger partial charge on any atom is 0.124 e. The van der Waals surface area contributed by atoms with Crippen LogP contribution in [0.5, 0.6) is 0 Å². The van der Waals surface area contributed by atoms with Crippen LogP contribution >= 0.6 is 0 Å². The number of nitrogens with one attached hydrogen (secondary N) is 2. The summed E-state index contributed by atoms with van der Waals surface area (Å²) >= 11 is 0. The van der Waals surface area contributed by atoms with Crippen molar-refractivity contribution in [3.05, 3.63) is 41.6 Å². The van der Waals surface area contributed by atoms with Crippen LogP contribution in [0.1, 0.15) is 23.6 Å². The third-order valence-corrected chi connectivity index (χ3v) is 3.74. The molecule has 0 fully saturated rings. The molecule has 1 aromatic carbocycles. The van der Waals surface area contributed by atoms with E-state index in [-0.39, 0.29) is 0 Å². The highest BCUT2D eigenvalue weighted by atomic mass is 15.3. The van der Waals surface area contributed by atoms with Crippen molar-refractivity contribution in [2.24, 2.45) is 7.05 Å². The van der Waals surface area contributed by atoms with Crippen molar-refractivity contribution in [3.63, 3.8) is 0 Å². The van der Waals surface area contributed by atoms with E-state index in [2.05, 4.69) is 46.1 Å². The first-order chi connectivity index (χ1) is 9.24. The number of benzene rings is 1. The van der Waals surface area contributed by atoms with Gasteiger partial charge in [0.15, 0.2) is 0 Å². The van der Waals surface area contributed by atoms with Gasteiger partial charge in [-0.1, -0.05) is 18.2 Å². The molecule has 1 unspecified atom stereocenters. The highest BCUT2D eigenvalue weighted by molar-refractivity contribution is 5.55. The molecule has 0 saturated carbocycles. The standard InChI is InChI=1S/C15H20N4/c1-11-9-15(19(2)18-11)17-10-12-7-8-16-14-6-4-3-5-13(12)14/h3-6,9,12,16-17H,7-8,10H2,1-2H3. The molecule has 4 heteroatoms. The predicted octanol–water partition coefficient (Wildman–Crippen LogP) is 2.74. The minimum atomic E-state index is 0.563. The summed E-state index contributed by atoms with van der Waals surface area (Å²) in [5, 5.41) is 11.3. The minimum absolute atomic E-state index is 0.563. The molecule has 1 atom stereocenters. The second-order valence-electron chi connectivity index (χ2n) is 5.18. The maximum absolute atomic E-state index is 4.36. The highest BCUT2D eigenvalue weighted by Crippen LogP contribution is 2.31. The van der Waals surface area contributed by atoms with Crippen LogP contribution < -0.4 is 10.6 Å². The predicted molar refractivity (Wildman–Crippen MR) is 78.7 cm³/mol. The first-order valence-corrected chi connectivity index (χ1v) is 6.81. The molecular weight excluding hydrogens is 236 g/mol. The van der Waals surface area contributed by atoms with E-state index < -0.39 is 0 Å². The van der Waals surface area contributed by atoms with Gasteiger partial charge in [0.25, 0.3) is 0 Å². The highest BCUT2D eigenvalue weighted by Gasteiger charge is 2.19. The summed E-state index contributed by atoms with van der Waals surface area (Å²) in [4.78, 5) is 0. The fourth-order valence-corrected chi connectivity index (χ4v) is 2.77. The molecule has 19 heavy (non-hydrogen) atoms. The van der Waals surface area contributed by atoms with Crippen LogP contribution in [-0.2, 0) is 7.05 Å². The molecule has 100 valence electrons. The smallest absolute Gasteiger partial charge is 0.124 e. The largest absolute Gasteiger partial charge is 0.385 e. The first kappa shape index (κ1) is 12.1. The van der Waals surface area contributed by atoms with Gasteiger partial charge in [-0.3, -0.25) is 4.68 Å². The molecule has 0 bridgehead atoms. The Hall–Kier alpha value is -1.97. The van der Waals surface area contributed by atoms with Crippen LogP contribution in [0, 0.1) is 6.92 Å². The van der Waals surface area contributed by atoms with Crippen LogP contribution in [0.15, 0.2) is 30.3 Å². The van der Waals surface area contributed by atoms with Crippen molar-refractivity contribution in [3.8, 4) is 0 Å². The lowest BCUT2D eigenvalue weighted by molar-refractivity contribution is 0.647. The zero-order valence-corrected chi connectivity index (χ0v) is 11.5. The van der Waals surface area contributed by atoms with E-state index in [1.54, 1.807) is 0 Å². The number of nitrogens with zero attached hydrogens (tertiary/aromatic N) is 2. The van der Waals surface area contributed by atoms with Gasteiger partial charge < -0.3 is 10.6 Å². The molecule has 0 spiro atoms. The van der Waals surface area contributed by atoms with Crippen LogP contribution in [0.2, 0.25) is 0 Å².